The number of hydrogen-bond acceptors (Lipinski definition) is 4. The highest BCUT2D eigenvalue weighted by atomic mass is 32.1. The molecule has 21 aromatic rings. The Morgan fingerprint density at radius 3 is 1.51 bits per heavy atom. The smallest absolute Gasteiger partial charge is 0.137 e. The Kier molecular flexibility index (Phi) is 14.0. The van der Waals surface area contributed by atoms with Gasteiger partial charge >= 0.3 is 0 Å². The second kappa shape index (κ2) is 24.3. The van der Waals surface area contributed by atoms with Crippen LogP contribution in [-0.4, -0.2) is 9.13 Å². The molecule has 0 atom stereocenters. The first-order valence-corrected chi connectivity index (χ1v) is 35.6. The number of anilines is 6. The Labute approximate surface area is 592 Å². The molecule has 4 aromatic heterocycles. The molecule has 6 heteroatoms. The summed E-state index contributed by atoms with van der Waals surface area (Å²) in [5.74, 6) is 0. The standard InChI is InChI=1S/C50H32N2O.C46H30N2S/c1-2-10-33(11-3-1)35-18-22-38(23-19-35)52-47-29-26-40(31-46(47)45-27-21-36-13-6-7-15-42(36)50(45)52)51(39-24-20-34-12-4-5-14-37(34)30-39)41-25-28-44-43-16-8-9-17-48(43)53-49(44)32-41;1-3-12-31(13-4-1)32-22-26-35(27-23-32)47(41-19-11-21-44-46(41)38-17-8-10-20-43(38)49-44)36-28-24-33-25-29-42-45(39(33)30-36)37-16-7-9-18-40(37)48(42)34-14-5-2-6-15-34/h1-32H;1-30H. The molecular formula is C96H62N4OS. The van der Waals surface area contributed by atoms with Gasteiger partial charge in [-0.05, 0) is 177 Å². The summed E-state index contributed by atoms with van der Waals surface area (Å²) < 4.78 is 13.8. The fraction of sp³-hybridized carbons (Fsp3) is 0. The van der Waals surface area contributed by atoms with Gasteiger partial charge in [-0.3, -0.25) is 0 Å². The van der Waals surface area contributed by atoms with Crippen LogP contribution in [0.4, 0.5) is 34.1 Å². The van der Waals surface area contributed by atoms with Gasteiger partial charge in [-0.25, -0.2) is 0 Å². The van der Waals surface area contributed by atoms with Crippen LogP contribution in [0.2, 0.25) is 0 Å². The van der Waals surface area contributed by atoms with Gasteiger partial charge in [0.1, 0.15) is 11.2 Å². The van der Waals surface area contributed by atoms with Crippen LogP contribution in [0.25, 0.3) is 152 Å². The monoisotopic (exact) mass is 1320 g/mol. The predicted molar refractivity (Wildman–Crippen MR) is 434 cm³/mol. The lowest BCUT2D eigenvalue weighted by molar-refractivity contribution is 0.669. The molecule has 5 nitrogen and oxygen atoms in total. The topological polar surface area (TPSA) is 29.5 Å². The largest absolute Gasteiger partial charge is 0.456 e. The Hall–Kier alpha value is -13.3. The van der Waals surface area contributed by atoms with Crippen LogP contribution in [0.3, 0.4) is 0 Å². The molecule has 0 amide bonds. The maximum Gasteiger partial charge on any atom is 0.137 e. The van der Waals surface area contributed by atoms with Gasteiger partial charge in [0.25, 0.3) is 0 Å². The molecule has 0 saturated carbocycles. The summed E-state index contributed by atoms with van der Waals surface area (Å²) >= 11 is 1.86. The number of thiophene rings is 1. The Balaban J connectivity index is 0.000000137. The fourth-order valence-electron chi connectivity index (χ4n) is 15.8. The lowest BCUT2D eigenvalue weighted by atomic mass is 10.0. The molecule has 0 radical (unpaired) electrons. The number of rotatable bonds is 10. The number of nitrogens with zero attached hydrogens (tertiary/aromatic N) is 4. The predicted octanol–water partition coefficient (Wildman–Crippen LogP) is 27.6. The Bertz CT molecular complexity index is 6810. The molecule has 0 aliphatic carbocycles. The van der Waals surface area contributed by atoms with Crippen LogP contribution in [0.5, 0.6) is 0 Å². The van der Waals surface area contributed by atoms with Gasteiger partial charge in [0.15, 0.2) is 0 Å². The number of fused-ring (bicyclic) bond motifs is 17. The van der Waals surface area contributed by atoms with Crippen LogP contribution in [0, 0.1) is 0 Å². The minimum absolute atomic E-state index is 0.873. The first kappa shape index (κ1) is 58.9. The summed E-state index contributed by atoms with van der Waals surface area (Å²) in [6.45, 7) is 0. The minimum Gasteiger partial charge on any atom is -0.456 e. The molecule has 0 unspecified atom stereocenters. The average Bonchev–Trinajstić information content (AvgIpc) is 1.22. The van der Waals surface area contributed by atoms with E-state index in [4.69, 9.17) is 4.42 Å². The van der Waals surface area contributed by atoms with Gasteiger partial charge in [-0.15, -0.1) is 11.3 Å². The molecule has 0 fully saturated rings. The molecule has 0 N–H and O–H groups in total. The number of hydrogen-bond donors (Lipinski definition) is 0. The molecule has 21 rings (SSSR count). The van der Waals surface area contributed by atoms with Crippen molar-refractivity contribution in [3.8, 4) is 33.6 Å². The van der Waals surface area contributed by atoms with E-state index in [-0.39, 0.29) is 0 Å². The highest BCUT2D eigenvalue weighted by molar-refractivity contribution is 7.26. The van der Waals surface area contributed by atoms with E-state index in [1.165, 1.54) is 130 Å². The zero-order valence-electron chi connectivity index (χ0n) is 55.4. The number of benzene rings is 17. The third-order valence-corrected chi connectivity index (χ3v) is 21.6. The van der Waals surface area contributed by atoms with Gasteiger partial charge in [0.05, 0.1) is 27.8 Å². The fourth-order valence-corrected chi connectivity index (χ4v) is 16.9. The van der Waals surface area contributed by atoms with E-state index in [1.807, 2.05) is 23.5 Å². The van der Waals surface area contributed by atoms with Crippen LogP contribution in [-0.2, 0) is 0 Å². The highest BCUT2D eigenvalue weighted by Crippen LogP contribution is 2.49. The van der Waals surface area contributed by atoms with E-state index in [1.54, 1.807) is 0 Å². The minimum atomic E-state index is 0.873. The highest BCUT2D eigenvalue weighted by Gasteiger charge is 2.24. The molecular weight excluding hydrogens is 1260 g/mol. The molecule has 0 aliphatic heterocycles. The van der Waals surface area contributed by atoms with E-state index in [0.717, 1.165) is 56.1 Å². The summed E-state index contributed by atoms with van der Waals surface area (Å²) in [7, 11) is 0. The molecule has 102 heavy (non-hydrogen) atoms. The van der Waals surface area contributed by atoms with Crippen molar-refractivity contribution in [1.82, 2.24) is 9.13 Å². The van der Waals surface area contributed by atoms with Gasteiger partial charge < -0.3 is 23.4 Å². The van der Waals surface area contributed by atoms with Crippen LogP contribution < -0.4 is 9.80 Å². The third-order valence-electron chi connectivity index (χ3n) is 20.5. The maximum atomic E-state index is 6.41. The van der Waals surface area contributed by atoms with E-state index in [0.29, 0.717) is 0 Å². The quantitative estimate of drug-likeness (QED) is 0.137. The van der Waals surface area contributed by atoms with Crippen molar-refractivity contribution in [2.24, 2.45) is 0 Å². The number of furan rings is 1. The zero-order chi connectivity index (χ0) is 67.2. The lowest BCUT2D eigenvalue weighted by Crippen LogP contribution is -2.10. The van der Waals surface area contributed by atoms with Gasteiger partial charge in [-0.2, -0.15) is 0 Å². The van der Waals surface area contributed by atoms with E-state index < -0.39 is 0 Å². The van der Waals surface area contributed by atoms with Crippen LogP contribution in [0.15, 0.2) is 381 Å². The first-order chi connectivity index (χ1) is 50.6. The van der Waals surface area contributed by atoms with Crippen molar-refractivity contribution in [2.75, 3.05) is 9.80 Å². The summed E-state index contributed by atoms with van der Waals surface area (Å²) in [5.41, 5.74) is 20.4. The molecule has 4 heterocycles. The first-order valence-electron chi connectivity index (χ1n) is 34.8. The van der Waals surface area contributed by atoms with Gasteiger partial charge in [0, 0.05) is 104 Å². The van der Waals surface area contributed by atoms with Crippen molar-refractivity contribution >= 4 is 164 Å². The zero-order valence-corrected chi connectivity index (χ0v) is 56.2. The lowest BCUT2D eigenvalue weighted by Gasteiger charge is -2.27. The van der Waals surface area contributed by atoms with Crippen molar-refractivity contribution in [3.63, 3.8) is 0 Å². The summed E-state index contributed by atoms with van der Waals surface area (Å²) in [6.07, 6.45) is 0. The summed E-state index contributed by atoms with van der Waals surface area (Å²) in [5, 5.41) is 17.1. The molecule has 0 spiro atoms. The second-order valence-corrected chi connectivity index (χ2v) is 27.4. The second-order valence-electron chi connectivity index (χ2n) is 26.3. The van der Waals surface area contributed by atoms with Gasteiger partial charge in [-0.1, -0.05) is 243 Å². The van der Waals surface area contributed by atoms with Crippen molar-refractivity contribution in [2.45, 2.75) is 0 Å². The molecule has 0 aliphatic rings. The molecule has 17 aromatic carbocycles. The van der Waals surface area contributed by atoms with E-state index in [9.17, 15) is 0 Å². The van der Waals surface area contributed by atoms with Crippen molar-refractivity contribution < 1.29 is 4.42 Å². The SMILES string of the molecule is c1ccc(-c2ccc(-n3c4ccc(N(c5ccc6ccccc6c5)c5ccc6c(c5)oc5ccccc56)cc4c4ccc5ccccc5c43)cc2)cc1.c1ccc(-c2ccc(N(c3ccc4ccc5c(c4c3)c3ccccc3n5-c3ccccc3)c3cccc4sc5ccccc5c34)cc2)cc1. The molecule has 0 bridgehead atoms. The average molecular weight is 1320 g/mol. The summed E-state index contributed by atoms with van der Waals surface area (Å²) in [6, 6.07) is 136. The normalized spacial score (nSPS) is 11.7. The van der Waals surface area contributed by atoms with E-state index >= 15 is 0 Å². The third kappa shape index (κ3) is 9.90. The Morgan fingerprint density at radius 1 is 0.235 bits per heavy atom. The van der Waals surface area contributed by atoms with E-state index in [2.05, 4.69) is 383 Å². The van der Waals surface area contributed by atoms with Gasteiger partial charge in [0.2, 0.25) is 0 Å². The van der Waals surface area contributed by atoms with Crippen LogP contribution >= 0.6 is 11.3 Å². The summed E-state index contributed by atoms with van der Waals surface area (Å²) in [4.78, 5) is 4.81. The molecule has 0 saturated heterocycles. The van der Waals surface area contributed by atoms with Crippen LogP contribution in [0.1, 0.15) is 0 Å². The maximum absolute atomic E-state index is 6.41. The van der Waals surface area contributed by atoms with Crippen molar-refractivity contribution in [3.05, 3.63) is 376 Å². The number of para-hydroxylation sites is 3. The van der Waals surface area contributed by atoms with Crippen molar-refractivity contribution in [1.29, 1.82) is 0 Å². The Morgan fingerprint density at radius 2 is 0.725 bits per heavy atom. The number of aromatic nitrogens is 2. The molecule has 478 valence electrons.